The van der Waals surface area contributed by atoms with E-state index in [-0.39, 0.29) is 12.1 Å². The molecule has 22 heavy (non-hydrogen) atoms. The van der Waals surface area contributed by atoms with Crippen molar-refractivity contribution in [1.82, 2.24) is 10.6 Å². The maximum Gasteiger partial charge on any atom is 0.314 e. The Morgan fingerprint density at radius 1 is 1.32 bits per heavy atom. The SMILES string of the molecule is O=C(NC[C@H]1C[C@]12CCc1ccccc12)NC[C@H](O)C1CC1. The molecule has 3 aliphatic rings. The lowest BCUT2D eigenvalue weighted by molar-refractivity contribution is 0.149. The number of fused-ring (bicyclic) bond motifs is 2. The number of nitrogens with one attached hydrogen (secondary N) is 2. The summed E-state index contributed by atoms with van der Waals surface area (Å²) in [5, 5.41) is 15.5. The van der Waals surface area contributed by atoms with Crippen LogP contribution in [0.2, 0.25) is 0 Å². The van der Waals surface area contributed by atoms with Gasteiger partial charge in [-0.2, -0.15) is 0 Å². The Morgan fingerprint density at radius 2 is 2.14 bits per heavy atom. The third kappa shape index (κ3) is 2.50. The molecule has 118 valence electrons. The topological polar surface area (TPSA) is 61.4 Å². The van der Waals surface area contributed by atoms with E-state index in [2.05, 4.69) is 34.9 Å². The van der Waals surface area contributed by atoms with E-state index in [9.17, 15) is 9.90 Å². The van der Waals surface area contributed by atoms with Crippen LogP contribution < -0.4 is 10.6 Å². The lowest BCUT2D eigenvalue weighted by Crippen LogP contribution is -2.41. The second-order valence-corrected chi connectivity index (χ2v) is 7.21. The normalized spacial score (nSPS) is 30.0. The number of urea groups is 1. The number of rotatable bonds is 5. The smallest absolute Gasteiger partial charge is 0.314 e. The highest BCUT2D eigenvalue weighted by atomic mass is 16.3. The lowest BCUT2D eigenvalue weighted by atomic mass is 9.95. The van der Waals surface area contributed by atoms with Gasteiger partial charge in [0, 0.05) is 18.5 Å². The summed E-state index contributed by atoms with van der Waals surface area (Å²) in [6.07, 6.45) is 5.39. The van der Waals surface area contributed by atoms with Crippen LogP contribution in [-0.4, -0.2) is 30.3 Å². The van der Waals surface area contributed by atoms with Gasteiger partial charge in [-0.15, -0.1) is 0 Å². The van der Waals surface area contributed by atoms with Crippen LogP contribution in [0.15, 0.2) is 24.3 Å². The molecule has 4 nitrogen and oxygen atoms in total. The zero-order valence-corrected chi connectivity index (χ0v) is 12.8. The average molecular weight is 300 g/mol. The molecule has 1 aromatic rings. The minimum absolute atomic E-state index is 0.145. The molecular weight excluding hydrogens is 276 g/mol. The standard InChI is InChI=1S/C18H24N2O2/c21-16(13-5-6-13)11-20-17(22)19-10-14-9-18(14)8-7-12-3-1-2-4-15(12)18/h1-4,13-14,16,21H,5-11H2,(H2,19,20,22)/t14-,16+,18-/m1/s1. The van der Waals surface area contributed by atoms with Crippen LogP contribution in [0.5, 0.6) is 0 Å². The molecule has 2 saturated carbocycles. The number of aliphatic hydroxyl groups excluding tert-OH is 1. The largest absolute Gasteiger partial charge is 0.391 e. The van der Waals surface area contributed by atoms with Gasteiger partial charge in [0.25, 0.3) is 0 Å². The molecule has 3 atom stereocenters. The Morgan fingerprint density at radius 3 is 2.95 bits per heavy atom. The number of aliphatic hydroxyl groups is 1. The Balaban J connectivity index is 1.25. The van der Waals surface area contributed by atoms with Crippen LogP contribution >= 0.6 is 0 Å². The first kappa shape index (κ1) is 14.1. The molecule has 1 spiro atoms. The summed E-state index contributed by atoms with van der Waals surface area (Å²) in [7, 11) is 0. The number of carbonyl (C=O) groups is 1. The van der Waals surface area contributed by atoms with Gasteiger partial charge in [0.1, 0.15) is 0 Å². The van der Waals surface area contributed by atoms with Gasteiger partial charge in [-0.05, 0) is 55.1 Å². The van der Waals surface area contributed by atoms with E-state index in [0.29, 0.717) is 23.8 Å². The first-order chi connectivity index (χ1) is 10.7. The van der Waals surface area contributed by atoms with Gasteiger partial charge in [0.2, 0.25) is 0 Å². The van der Waals surface area contributed by atoms with Gasteiger partial charge in [0.05, 0.1) is 6.10 Å². The molecule has 2 amide bonds. The van der Waals surface area contributed by atoms with Gasteiger partial charge < -0.3 is 15.7 Å². The van der Waals surface area contributed by atoms with Crippen LogP contribution in [0.3, 0.4) is 0 Å². The number of hydrogen-bond acceptors (Lipinski definition) is 2. The van der Waals surface area contributed by atoms with Crippen molar-refractivity contribution >= 4 is 6.03 Å². The summed E-state index contributed by atoms with van der Waals surface area (Å²) >= 11 is 0. The van der Waals surface area contributed by atoms with Crippen molar-refractivity contribution in [3.63, 3.8) is 0 Å². The van der Waals surface area contributed by atoms with Crippen molar-refractivity contribution in [1.29, 1.82) is 0 Å². The Labute approximate surface area is 131 Å². The first-order valence-electron chi connectivity index (χ1n) is 8.47. The molecule has 1 aromatic carbocycles. The monoisotopic (exact) mass is 300 g/mol. The van der Waals surface area contributed by atoms with Crippen molar-refractivity contribution < 1.29 is 9.90 Å². The molecular formula is C18H24N2O2. The Kier molecular flexibility index (Phi) is 3.37. The number of aryl methyl sites for hydroxylation is 1. The fourth-order valence-electron chi connectivity index (χ4n) is 4.12. The van der Waals surface area contributed by atoms with E-state index >= 15 is 0 Å². The number of hydrogen-bond donors (Lipinski definition) is 3. The molecule has 2 fully saturated rings. The lowest BCUT2D eigenvalue weighted by Gasteiger charge is -2.14. The summed E-state index contributed by atoms with van der Waals surface area (Å²) in [6, 6.07) is 8.59. The van der Waals surface area contributed by atoms with Crippen LogP contribution in [0.4, 0.5) is 4.79 Å². The van der Waals surface area contributed by atoms with Crippen molar-refractivity contribution in [2.45, 2.75) is 43.6 Å². The number of carbonyl (C=O) groups excluding carboxylic acids is 1. The van der Waals surface area contributed by atoms with Crippen molar-refractivity contribution in [2.75, 3.05) is 13.1 Å². The van der Waals surface area contributed by atoms with E-state index in [4.69, 9.17) is 0 Å². The molecule has 0 aromatic heterocycles. The van der Waals surface area contributed by atoms with Crippen LogP contribution in [0.1, 0.15) is 36.8 Å². The maximum absolute atomic E-state index is 11.8. The van der Waals surface area contributed by atoms with Gasteiger partial charge >= 0.3 is 6.03 Å². The summed E-state index contributed by atoms with van der Waals surface area (Å²) in [5.74, 6) is 0.970. The van der Waals surface area contributed by atoms with Gasteiger partial charge in [-0.25, -0.2) is 4.79 Å². The fourth-order valence-corrected chi connectivity index (χ4v) is 4.12. The van der Waals surface area contributed by atoms with E-state index < -0.39 is 0 Å². The highest BCUT2D eigenvalue weighted by Gasteiger charge is 2.57. The van der Waals surface area contributed by atoms with Crippen molar-refractivity contribution in [2.24, 2.45) is 11.8 Å². The van der Waals surface area contributed by atoms with E-state index in [1.54, 1.807) is 0 Å². The summed E-state index contributed by atoms with van der Waals surface area (Å²) in [5.41, 5.74) is 3.32. The van der Waals surface area contributed by atoms with E-state index in [1.165, 1.54) is 30.4 Å². The van der Waals surface area contributed by atoms with E-state index in [0.717, 1.165) is 19.4 Å². The number of amides is 2. The predicted octanol–water partition coefficient (Wildman–Crippen LogP) is 1.96. The van der Waals surface area contributed by atoms with Gasteiger partial charge in [-0.3, -0.25) is 0 Å². The third-order valence-corrected chi connectivity index (χ3v) is 5.77. The second-order valence-electron chi connectivity index (χ2n) is 7.21. The highest BCUT2D eigenvalue weighted by molar-refractivity contribution is 5.74. The summed E-state index contributed by atoms with van der Waals surface area (Å²) in [4.78, 5) is 11.8. The number of benzene rings is 1. The zero-order valence-electron chi connectivity index (χ0n) is 12.8. The second kappa shape index (κ2) is 5.27. The molecule has 0 bridgehead atoms. The average Bonchev–Trinajstić information content (AvgIpc) is 3.42. The molecule has 4 rings (SSSR count). The molecule has 3 N–H and O–H groups in total. The van der Waals surface area contributed by atoms with Gasteiger partial charge in [0.15, 0.2) is 0 Å². The van der Waals surface area contributed by atoms with Crippen molar-refractivity contribution in [3.05, 3.63) is 35.4 Å². The molecule has 0 aliphatic heterocycles. The molecule has 4 heteroatoms. The maximum atomic E-state index is 11.8. The van der Waals surface area contributed by atoms with Crippen LogP contribution in [0, 0.1) is 11.8 Å². The molecule has 0 unspecified atom stereocenters. The summed E-state index contributed by atoms with van der Waals surface area (Å²) in [6.45, 7) is 1.11. The van der Waals surface area contributed by atoms with Crippen LogP contribution in [-0.2, 0) is 11.8 Å². The molecule has 0 heterocycles. The molecule has 3 aliphatic carbocycles. The highest BCUT2D eigenvalue weighted by Crippen LogP contribution is 2.61. The van der Waals surface area contributed by atoms with Gasteiger partial charge in [-0.1, -0.05) is 24.3 Å². The zero-order chi connectivity index (χ0) is 15.2. The minimum atomic E-state index is -0.375. The molecule has 0 radical (unpaired) electrons. The minimum Gasteiger partial charge on any atom is -0.391 e. The first-order valence-corrected chi connectivity index (χ1v) is 8.47. The van der Waals surface area contributed by atoms with Crippen LogP contribution in [0.25, 0.3) is 0 Å². The quantitative estimate of drug-likeness (QED) is 0.778. The Bertz CT molecular complexity index is 584. The van der Waals surface area contributed by atoms with E-state index in [1.807, 2.05) is 0 Å². The fraction of sp³-hybridized carbons (Fsp3) is 0.611. The Hall–Kier alpha value is -1.55. The molecule has 0 saturated heterocycles. The predicted molar refractivity (Wildman–Crippen MR) is 84.7 cm³/mol. The summed E-state index contributed by atoms with van der Waals surface area (Å²) < 4.78 is 0. The third-order valence-electron chi connectivity index (χ3n) is 5.77. The van der Waals surface area contributed by atoms with Crippen molar-refractivity contribution in [3.8, 4) is 0 Å².